The van der Waals surface area contributed by atoms with Gasteiger partial charge >= 0.3 is 0 Å². The van der Waals surface area contributed by atoms with Crippen LogP contribution < -0.4 is 15.0 Å². The van der Waals surface area contributed by atoms with Gasteiger partial charge in [-0.25, -0.2) is 0 Å². The fourth-order valence-corrected chi connectivity index (χ4v) is 4.08. The number of aromatic amines is 1. The summed E-state index contributed by atoms with van der Waals surface area (Å²) in [6, 6.07) is 15.1. The number of aromatic nitrogens is 2. The van der Waals surface area contributed by atoms with E-state index < -0.39 is 6.10 Å². The summed E-state index contributed by atoms with van der Waals surface area (Å²) in [6.07, 6.45) is 3.13. The largest absolute Gasteiger partial charge is 0.497 e. The van der Waals surface area contributed by atoms with Gasteiger partial charge < -0.3 is 19.0 Å². The number of H-pyrrole nitrogens is 1. The van der Waals surface area contributed by atoms with E-state index in [0.717, 1.165) is 27.6 Å². The summed E-state index contributed by atoms with van der Waals surface area (Å²) in [7, 11) is 3.31. The summed E-state index contributed by atoms with van der Waals surface area (Å²) >= 11 is 0. The number of aryl methyl sites for hydroxylation is 1. The van der Waals surface area contributed by atoms with Gasteiger partial charge in [-0.2, -0.15) is 0 Å². The zero-order valence-corrected chi connectivity index (χ0v) is 16.6. The molecule has 0 fully saturated rings. The van der Waals surface area contributed by atoms with Crippen LogP contribution in [0.3, 0.4) is 0 Å². The van der Waals surface area contributed by atoms with Crippen molar-refractivity contribution in [1.82, 2.24) is 9.55 Å². The summed E-state index contributed by atoms with van der Waals surface area (Å²) < 4.78 is 13.3. The fourth-order valence-electron chi connectivity index (χ4n) is 4.08. The number of fused-ring (bicyclic) bond motifs is 2. The summed E-state index contributed by atoms with van der Waals surface area (Å²) in [5, 5.41) is 0.797. The van der Waals surface area contributed by atoms with Crippen LogP contribution in [0, 0.1) is 0 Å². The van der Waals surface area contributed by atoms with Crippen LogP contribution in [0.4, 0.5) is 0 Å². The Bertz CT molecular complexity index is 1330. The SMILES string of the molecule is COc1cc2c(c(-c3cn(C)c(=O)c4[nH]ccc34)c1)OC(c1ccccc1)C(=O)C2. The van der Waals surface area contributed by atoms with E-state index in [1.165, 1.54) is 0 Å². The molecule has 1 unspecified atom stereocenters. The molecule has 2 aromatic carbocycles. The standard InChI is InChI=1S/C24H20N2O4/c1-26-13-19(17-8-9-25-21(17)24(26)28)18-12-16(29-2)10-15-11-20(27)23(30-22(15)18)14-6-4-3-5-7-14/h3-10,12-13,23,25H,11H2,1-2H3. The van der Waals surface area contributed by atoms with E-state index in [-0.39, 0.29) is 17.8 Å². The topological polar surface area (TPSA) is 73.3 Å². The Balaban J connectivity index is 1.75. The molecule has 0 bridgehead atoms. The van der Waals surface area contributed by atoms with Crippen LogP contribution in [0.1, 0.15) is 17.2 Å². The van der Waals surface area contributed by atoms with Crippen molar-refractivity contribution >= 4 is 16.7 Å². The van der Waals surface area contributed by atoms with Crippen LogP contribution in [0.25, 0.3) is 22.0 Å². The second-order valence-corrected chi connectivity index (χ2v) is 7.44. The Labute approximate surface area is 172 Å². The van der Waals surface area contributed by atoms with Gasteiger partial charge in [0.1, 0.15) is 17.0 Å². The molecule has 1 aliphatic rings. The van der Waals surface area contributed by atoms with Gasteiger partial charge in [0.15, 0.2) is 11.9 Å². The molecule has 0 saturated carbocycles. The number of ether oxygens (including phenoxy) is 2. The van der Waals surface area contributed by atoms with Crippen LogP contribution in [-0.2, 0) is 18.3 Å². The third kappa shape index (κ3) is 2.80. The monoisotopic (exact) mass is 400 g/mol. The Hall–Kier alpha value is -3.80. The lowest BCUT2D eigenvalue weighted by Crippen LogP contribution is -2.26. The lowest BCUT2D eigenvalue weighted by molar-refractivity contribution is -0.126. The quantitative estimate of drug-likeness (QED) is 0.568. The number of hydrogen-bond donors (Lipinski definition) is 1. The molecule has 30 heavy (non-hydrogen) atoms. The van der Waals surface area contributed by atoms with Crippen molar-refractivity contribution in [1.29, 1.82) is 0 Å². The fraction of sp³-hybridized carbons (Fsp3) is 0.167. The van der Waals surface area contributed by atoms with E-state index >= 15 is 0 Å². The lowest BCUT2D eigenvalue weighted by Gasteiger charge is -2.28. The first kappa shape index (κ1) is 18.2. The maximum absolute atomic E-state index is 12.9. The van der Waals surface area contributed by atoms with Gasteiger partial charge in [-0.15, -0.1) is 0 Å². The molecule has 3 heterocycles. The number of nitrogens with zero attached hydrogens (tertiary/aromatic N) is 1. The molecule has 1 N–H and O–H groups in total. The van der Waals surface area contributed by atoms with Crippen LogP contribution in [0.5, 0.6) is 11.5 Å². The normalized spacial score (nSPS) is 15.7. The minimum absolute atomic E-state index is 0.000145. The lowest BCUT2D eigenvalue weighted by atomic mass is 9.92. The molecule has 0 saturated heterocycles. The maximum Gasteiger partial charge on any atom is 0.274 e. The van der Waals surface area contributed by atoms with Crippen LogP contribution in [0.15, 0.2) is 65.7 Å². The first-order chi connectivity index (χ1) is 14.6. The maximum atomic E-state index is 12.9. The van der Waals surface area contributed by atoms with Crippen molar-refractivity contribution in [3.63, 3.8) is 0 Å². The minimum atomic E-state index is -0.667. The Morgan fingerprint density at radius 2 is 1.90 bits per heavy atom. The van der Waals surface area contributed by atoms with E-state index in [4.69, 9.17) is 9.47 Å². The van der Waals surface area contributed by atoms with Gasteiger partial charge in [-0.3, -0.25) is 9.59 Å². The molecule has 1 atom stereocenters. The molecule has 5 rings (SSSR count). The number of methoxy groups -OCH3 is 1. The highest BCUT2D eigenvalue weighted by atomic mass is 16.5. The zero-order valence-electron chi connectivity index (χ0n) is 16.6. The molecule has 1 aliphatic heterocycles. The van der Waals surface area contributed by atoms with Crippen molar-refractivity contribution < 1.29 is 14.3 Å². The number of nitrogens with one attached hydrogen (secondary N) is 1. The molecule has 0 spiro atoms. The number of ketones is 1. The Morgan fingerprint density at radius 1 is 1.10 bits per heavy atom. The number of carbonyl (C=O) groups is 1. The predicted octanol–water partition coefficient (Wildman–Crippen LogP) is 3.79. The molecule has 0 radical (unpaired) electrons. The molecule has 0 amide bonds. The average Bonchev–Trinajstić information content (AvgIpc) is 3.26. The highest BCUT2D eigenvalue weighted by Gasteiger charge is 2.32. The molecule has 2 aromatic heterocycles. The number of hydrogen-bond acceptors (Lipinski definition) is 4. The third-order valence-electron chi connectivity index (χ3n) is 5.55. The van der Waals surface area contributed by atoms with Gasteiger partial charge in [0.2, 0.25) is 0 Å². The summed E-state index contributed by atoms with van der Waals surface area (Å²) in [5.41, 5.74) is 3.65. The highest BCUT2D eigenvalue weighted by molar-refractivity contribution is 5.98. The van der Waals surface area contributed by atoms with Crippen molar-refractivity contribution in [2.45, 2.75) is 12.5 Å². The molecule has 4 aromatic rings. The average molecular weight is 400 g/mol. The summed E-state index contributed by atoms with van der Waals surface area (Å²) in [5.74, 6) is 1.28. The first-order valence-electron chi connectivity index (χ1n) is 9.69. The second kappa shape index (κ2) is 6.91. The van der Waals surface area contributed by atoms with E-state index in [2.05, 4.69) is 4.98 Å². The highest BCUT2D eigenvalue weighted by Crippen LogP contribution is 2.44. The van der Waals surface area contributed by atoms with Gasteiger partial charge in [-0.1, -0.05) is 30.3 Å². The molecule has 6 nitrogen and oxygen atoms in total. The molecule has 150 valence electrons. The van der Waals surface area contributed by atoms with Gasteiger partial charge in [-0.05, 0) is 23.8 Å². The van der Waals surface area contributed by atoms with Crippen LogP contribution in [0.2, 0.25) is 0 Å². The number of rotatable bonds is 3. The summed E-state index contributed by atoms with van der Waals surface area (Å²) in [6.45, 7) is 0. The number of Topliss-reactive ketones (excluding diaryl/α,β-unsaturated/α-hetero) is 1. The van der Waals surface area contributed by atoms with E-state index in [0.29, 0.717) is 17.0 Å². The van der Waals surface area contributed by atoms with Crippen molar-refractivity contribution in [3.8, 4) is 22.6 Å². The van der Waals surface area contributed by atoms with E-state index in [1.54, 1.807) is 31.1 Å². The Kier molecular flexibility index (Phi) is 4.20. The van der Waals surface area contributed by atoms with Gasteiger partial charge in [0.25, 0.3) is 5.56 Å². The molecular formula is C24H20N2O4. The van der Waals surface area contributed by atoms with Crippen molar-refractivity contribution in [2.75, 3.05) is 7.11 Å². The van der Waals surface area contributed by atoms with E-state index in [9.17, 15) is 9.59 Å². The minimum Gasteiger partial charge on any atom is -0.497 e. The van der Waals surface area contributed by atoms with Crippen LogP contribution >= 0.6 is 0 Å². The molecule has 0 aliphatic carbocycles. The molecule has 6 heteroatoms. The van der Waals surface area contributed by atoms with Crippen LogP contribution in [-0.4, -0.2) is 22.4 Å². The van der Waals surface area contributed by atoms with E-state index in [1.807, 2.05) is 48.5 Å². The number of carbonyl (C=O) groups excluding carboxylic acids is 1. The zero-order chi connectivity index (χ0) is 20.8. The predicted molar refractivity (Wildman–Crippen MR) is 114 cm³/mol. The molecular weight excluding hydrogens is 380 g/mol. The first-order valence-corrected chi connectivity index (χ1v) is 9.69. The van der Waals surface area contributed by atoms with Crippen molar-refractivity contribution in [3.05, 3.63) is 82.4 Å². The number of pyridine rings is 1. The van der Waals surface area contributed by atoms with Gasteiger partial charge in [0, 0.05) is 47.9 Å². The second-order valence-electron chi connectivity index (χ2n) is 7.44. The van der Waals surface area contributed by atoms with Crippen molar-refractivity contribution in [2.24, 2.45) is 7.05 Å². The van der Waals surface area contributed by atoms with Gasteiger partial charge in [0.05, 0.1) is 7.11 Å². The third-order valence-corrected chi connectivity index (χ3v) is 5.55. The number of benzene rings is 2. The smallest absolute Gasteiger partial charge is 0.274 e. The Morgan fingerprint density at radius 3 is 2.67 bits per heavy atom. The summed E-state index contributed by atoms with van der Waals surface area (Å²) in [4.78, 5) is 28.4.